The standard InChI is InChI=1S/C21H27ClFNO4S/c1-19-6-13-7-20(2,9-19)11-21(8-13,10-19)12-28-17-5-16(23)14(4-15(17)22)18(25)24-29(3,26)27/h4-5,13H,6-12H2,1-3H3,(H,24,25). The van der Waals surface area contributed by atoms with Crippen LogP contribution in [0.3, 0.4) is 0 Å². The van der Waals surface area contributed by atoms with Gasteiger partial charge in [0.1, 0.15) is 11.6 Å². The van der Waals surface area contributed by atoms with Gasteiger partial charge >= 0.3 is 0 Å². The highest BCUT2D eigenvalue weighted by Crippen LogP contribution is 2.69. The Hall–Kier alpha value is -1.34. The minimum atomic E-state index is -3.80. The fraction of sp³-hybridized carbons (Fsp3) is 0.667. The van der Waals surface area contributed by atoms with E-state index in [9.17, 15) is 17.6 Å². The highest BCUT2D eigenvalue weighted by Gasteiger charge is 2.60. The number of ether oxygens (including phenoxy) is 1. The van der Waals surface area contributed by atoms with Crippen LogP contribution in [0, 0.1) is 28.0 Å². The fourth-order valence-corrected chi connectivity index (χ4v) is 7.78. The summed E-state index contributed by atoms with van der Waals surface area (Å²) in [5, 5.41) is 0.0900. The predicted molar refractivity (Wildman–Crippen MR) is 109 cm³/mol. The van der Waals surface area contributed by atoms with Gasteiger partial charge in [-0.2, -0.15) is 0 Å². The molecule has 1 N–H and O–H groups in total. The zero-order valence-electron chi connectivity index (χ0n) is 17.0. The zero-order chi connectivity index (χ0) is 21.2. The molecule has 0 aromatic heterocycles. The quantitative estimate of drug-likeness (QED) is 0.724. The lowest BCUT2D eigenvalue weighted by Crippen LogP contribution is -2.56. The molecule has 5 rings (SSSR count). The molecule has 29 heavy (non-hydrogen) atoms. The molecule has 1 aromatic rings. The van der Waals surface area contributed by atoms with Crippen LogP contribution >= 0.6 is 11.6 Å². The first-order valence-electron chi connectivity index (χ1n) is 9.94. The Morgan fingerprint density at radius 1 is 1.21 bits per heavy atom. The molecule has 0 aliphatic heterocycles. The Morgan fingerprint density at radius 2 is 1.83 bits per heavy atom. The molecule has 1 amide bonds. The maximum atomic E-state index is 14.5. The van der Waals surface area contributed by atoms with E-state index in [1.807, 2.05) is 0 Å². The molecule has 5 nitrogen and oxygen atoms in total. The number of benzene rings is 1. The van der Waals surface area contributed by atoms with E-state index in [2.05, 4.69) is 13.8 Å². The number of sulfonamides is 1. The molecule has 0 radical (unpaired) electrons. The van der Waals surface area contributed by atoms with E-state index in [-0.39, 0.29) is 16.2 Å². The van der Waals surface area contributed by atoms with Crippen LogP contribution in [0.25, 0.3) is 0 Å². The maximum absolute atomic E-state index is 14.5. The summed E-state index contributed by atoms with van der Waals surface area (Å²) < 4.78 is 44.7. The smallest absolute Gasteiger partial charge is 0.267 e. The normalized spacial score (nSPS) is 35.6. The summed E-state index contributed by atoms with van der Waals surface area (Å²) >= 11 is 6.24. The van der Waals surface area contributed by atoms with Gasteiger partial charge in [0.05, 0.1) is 23.4 Å². The molecule has 1 aromatic carbocycles. The fourth-order valence-electron chi connectivity index (χ4n) is 7.11. The van der Waals surface area contributed by atoms with Crippen molar-refractivity contribution in [2.24, 2.45) is 22.2 Å². The molecule has 8 heteroatoms. The van der Waals surface area contributed by atoms with Crippen LogP contribution in [-0.4, -0.2) is 27.2 Å². The van der Waals surface area contributed by atoms with Crippen LogP contribution in [-0.2, 0) is 10.0 Å². The molecule has 4 bridgehead atoms. The second-order valence-corrected chi connectivity index (χ2v) is 12.5. The van der Waals surface area contributed by atoms with E-state index >= 15 is 0 Å². The molecule has 2 unspecified atom stereocenters. The summed E-state index contributed by atoms with van der Waals surface area (Å²) in [6, 6.07) is 2.19. The number of amides is 1. The lowest BCUT2D eigenvalue weighted by Gasteiger charge is -2.65. The average Bonchev–Trinajstić information content (AvgIpc) is 2.50. The van der Waals surface area contributed by atoms with Gasteiger partial charge in [0.25, 0.3) is 5.91 Å². The molecule has 4 aliphatic carbocycles. The van der Waals surface area contributed by atoms with E-state index in [1.54, 1.807) is 4.72 Å². The van der Waals surface area contributed by atoms with E-state index < -0.39 is 27.3 Å². The van der Waals surface area contributed by atoms with Crippen molar-refractivity contribution in [3.63, 3.8) is 0 Å². The average molecular weight is 444 g/mol. The van der Waals surface area contributed by atoms with Gasteiger partial charge in [-0.1, -0.05) is 25.4 Å². The van der Waals surface area contributed by atoms with Crippen molar-refractivity contribution in [3.8, 4) is 5.75 Å². The molecule has 2 atom stereocenters. The summed E-state index contributed by atoms with van der Waals surface area (Å²) in [7, 11) is -3.80. The first kappa shape index (κ1) is 20.9. The van der Waals surface area contributed by atoms with Crippen molar-refractivity contribution < 1.29 is 22.3 Å². The summed E-state index contributed by atoms with van der Waals surface area (Å²) in [5.41, 5.74) is 0.345. The van der Waals surface area contributed by atoms with Gasteiger partial charge in [0.2, 0.25) is 10.0 Å². The third-order valence-corrected chi connectivity index (χ3v) is 7.67. The van der Waals surface area contributed by atoms with E-state index in [0.717, 1.165) is 43.6 Å². The van der Waals surface area contributed by atoms with Crippen molar-refractivity contribution in [2.45, 2.75) is 52.4 Å². The van der Waals surface area contributed by atoms with Crippen molar-refractivity contribution in [2.75, 3.05) is 12.9 Å². The summed E-state index contributed by atoms with van der Waals surface area (Å²) in [4.78, 5) is 12.0. The monoisotopic (exact) mass is 443 g/mol. The first-order chi connectivity index (χ1) is 13.3. The third-order valence-electron chi connectivity index (χ3n) is 6.82. The van der Waals surface area contributed by atoms with Crippen LogP contribution in [0.1, 0.15) is 62.7 Å². The second kappa shape index (κ2) is 6.58. The Balaban J connectivity index is 1.52. The van der Waals surface area contributed by atoms with Gasteiger partial charge in [-0.05, 0) is 61.3 Å². The molecule has 4 saturated carbocycles. The van der Waals surface area contributed by atoms with Gasteiger partial charge in [-0.3, -0.25) is 4.79 Å². The molecule has 0 spiro atoms. The van der Waals surface area contributed by atoms with Gasteiger partial charge < -0.3 is 4.74 Å². The topological polar surface area (TPSA) is 72.5 Å². The molecule has 0 heterocycles. The second-order valence-electron chi connectivity index (χ2n) is 10.4. The number of halogens is 2. The molecular formula is C21H27ClFNO4S. The lowest BCUT2D eigenvalue weighted by atomic mass is 9.40. The van der Waals surface area contributed by atoms with Gasteiger partial charge in [0, 0.05) is 11.5 Å². The van der Waals surface area contributed by atoms with Crippen LogP contribution in [0.5, 0.6) is 5.75 Å². The summed E-state index contributed by atoms with van der Waals surface area (Å²) in [6.45, 7) is 5.24. The SMILES string of the molecule is CC12CC3CC(C)(C1)CC(COc1cc(F)c(C(=O)NS(C)(=O)=O)cc1Cl)(C3)C2. The van der Waals surface area contributed by atoms with Crippen LogP contribution in [0.2, 0.25) is 5.02 Å². The van der Waals surface area contributed by atoms with Crippen LogP contribution in [0.4, 0.5) is 4.39 Å². The number of rotatable bonds is 5. The van der Waals surface area contributed by atoms with E-state index in [1.165, 1.54) is 19.3 Å². The Labute approximate surface area is 176 Å². The number of nitrogens with one attached hydrogen (secondary N) is 1. The molecule has 160 valence electrons. The predicted octanol–water partition coefficient (Wildman–Crippen LogP) is 4.54. The third kappa shape index (κ3) is 4.13. The van der Waals surface area contributed by atoms with Crippen molar-refractivity contribution >= 4 is 27.5 Å². The molecular weight excluding hydrogens is 417 g/mol. The Morgan fingerprint density at radius 3 is 2.38 bits per heavy atom. The van der Waals surface area contributed by atoms with Gasteiger partial charge in [-0.25, -0.2) is 17.5 Å². The van der Waals surface area contributed by atoms with E-state index in [0.29, 0.717) is 17.4 Å². The van der Waals surface area contributed by atoms with Crippen LogP contribution < -0.4 is 9.46 Å². The lowest BCUT2D eigenvalue weighted by molar-refractivity contribution is -0.156. The molecule has 0 saturated heterocycles. The first-order valence-corrected chi connectivity index (χ1v) is 12.2. The molecule has 4 aliphatic rings. The molecule has 4 fully saturated rings. The highest BCUT2D eigenvalue weighted by molar-refractivity contribution is 7.89. The van der Waals surface area contributed by atoms with Crippen LogP contribution in [0.15, 0.2) is 12.1 Å². The number of hydrogen-bond acceptors (Lipinski definition) is 4. The minimum absolute atomic E-state index is 0.0784. The maximum Gasteiger partial charge on any atom is 0.267 e. The Bertz CT molecular complexity index is 961. The minimum Gasteiger partial charge on any atom is -0.491 e. The van der Waals surface area contributed by atoms with Gasteiger partial charge in [-0.15, -0.1) is 0 Å². The highest BCUT2D eigenvalue weighted by atomic mass is 35.5. The zero-order valence-corrected chi connectivity index (χ0v) is 18.6. The van der Waals surface area contributed by atoms with E-state index in [4.69, 9.17) is 16.3 Å². The van der Waals surface area contributed by atoms with Gasteiger partial charge in [0.15, 0.2) is 0 Å². The largest absolute Gasteiger partial charge is 0.491 e. The number of carbonyl (C=O) groups is 1. The number of carbonyl (C=O) groups excluding carboxylic acids is 1. The van der Waals surface area contributed by atoms with Crippen molar-refractivity contribution in [1.82, 2.24) is 4.72 Å². The summed E-state index contributed by atoms with van der Waals surface area (Å²) in [6.07, 6.45) is 8.01. The summed E-state index contributed by atoms with van der Waals surface area (Å²) in [5.74, 6) is -1.01. The van der Waals surface area contributed by atoms with Crippen molar-refractivity contribution in [3.05, 3.63) is 28.5 Å². The Kier molecular flexibility index (Phi) is 4.74. The number of hydrogen-bond donors (Lipinski definition) is 1. The van der Waals surface area contributed by atoms with Crippen molar-refractivity contribution in [1.29, 1.82) is 0 Å².